The Morgan fingerprint density at radius 3 is 2.85 bits per heavy atom. The smallest absolute Gasteiger partial charge is 0.407 e. The van der Waals surface area contributed by atoms with Crippen LogP contribution in [0, 0.1) is 0 Å². The summed E-state index contributed by atoms with van der Waals surface area (Å²) in [4.78, 5) is 36.2. The van der Waals surface area contributed by atoms with Crippen LogP contribution in [0.25, 0.3) is 0 Å². The van der Waals surface area contributed by atoms with E-state index in [1.807, 2.05) is 0 Å². The predicted molar refractivity (Wildman–Crippen MR) is 70.9 cm³/mol. The van der Waals surface area contributed by atoms with Crippen LogP contribution in [0.2, 0.25) is 0 Å². The molecule has 1 heterocycles. The number of nitrogens with one attached hydrogen (secondary N) is 1. The third-order valence-corrected chi connectivity index (χ3v) is 2.99. The van der Waals surface area contributed by atoms with Crippen molar-refractivity contribution >= 4 is 18.0 Å². The van der Waals surface area contributed by atoms with Crippen LogP contribution in [0.5, 0.6) is 0 Å². The van der Waals surface area contributed by atoms with Gasteiger partial charge in [-0.1, -0.05) is 6.08 Å². The number of carbonyl (C=O) groups is 3. The lowest BCUT2D eigenvalue weighted by Gasteiger charge is -2.22. The highest BCUT2D eigenvalue weighted by Crippen LogP contribution is 2.18. The summed E-state index contributed by atoms with van der Waals surface area (Å²) in [5.74, 6) is -0.747. The molecule has 0 radical (unpaired) electrons. The lowest BCUT2D eigenvalue weighted by Crippen LogP contribution is -2.46. The zero-order valence-electron chi connectivity index (χ0n) is 11.6. The first-order valence-corrected chi connectivity index (χ1v) is 6.49. The summed E-state index contributed by atoms with van der Waals surface area (Å²) in [6.45, 7) is 4.02. The minimum atomic E-state index is -0.658. The zero-order valence-corrected chi connectivity index (χ0v) is 11.6. The van der Waals surface area contributed by atoms with E-state index in [1.54, 1.807) is 6.08 Å². The van der Waals surface area contributed by atoms with Gasteiger partial charge in [-0.2, -0.15) is 0 Å². The third-order valence-electron chi connectivity index (χ3n) is 2.99. The molecule has 1 unspecified atom stereocenters. The van der Waals surface area contributed by atoms with Crippen molar-refractivity contribution in [3.8, 4) is 0 Å². The van der Waals surface area contributed by atoms with E-state index in [9.17, 15) is 14.4 Å². The highest BCUT2D eigenvalue weighted by molar-refractivity contribution is 5.87. The largest absolute Gasteiger partial charge is 0.467 e. The van der Waals surface area contributed by atoms with E-state index in [4.69, 9.17) is 4.74 Å². The van der Waals surface area contributed by atoms with Gasteiger partial charge in [0.15, 0.2) is 0 Å². The van der Waals surface area contributed by atoms with E-state index in [0.29, 0.717) is 19.4 Å². The van der Waals surface area contributed by atoms with Crippen LogP contribution >= 0.6 is 0 Å². The number of carbonyl (C=O) groups excluding carboxylic acids is 3. The highest BCUT2D eigenvalue weighted by Gasteiger charge is 2.34. The second kappa shape index (κ2) is 8.19. The van der Waals surface area contributed by atoms with Crippen molar-refractivity contribution in [2.45, 2.75) is 25.3 Å². The molecule has 1 N–H and O–H groups in total. The number of esters is 1. The van der Waals surface area contributed by atoms with Crippen molar-refractivity contribution < 1.29 is 23.9 Å². The number of rotatable bonds is 6. The molecular formula is C13H20N2O5. The highest BCUT2D eigenvalue weighted by atomic mass is 16.5. The van der Waals surface area contributed by atoms with E-state index in [-0.39, 0.29) is 19.1 Å². The van der Waals surface area contributed by atoms with Crippen LogP contribution in [0.1, 0.15) is 19.3 Å². The van der Waals surface area contributed by atoms with Crippen LogP contribution in [-0.2, 0) is 19.1 Å². The fraction of sp³-hybridized carbons (Fsp3) is 0.615. The normalized spacial score (nSPS) is 17.4. The van der Waals surface area contributed by atoms with E-state index in [2.05, 4.69) is 16.6 Å². The minimum absolute atomic E-state index is 0.194. The number of methoxy groups -OCH3 is 1. The molecule has 7 nitrogen and oxygen atoms in total. The fourth-order valence-electron chi connectivity index (χ4n) is 1.98. The summed E-state index contributed by atoms with van der Waals surface area (Å²) in [7, 11) is 1.29. The van der Waals surface area contributed by atoms with Crippen molar-refractivity contribution in [3.05, 3.63) is 12.7 Å². The molecule has 0 aliphatic carbocycles. The summed E-state index contributed by atoms with van der Waals surface area (Å²) in [5, 5.41) is 2.36. The molecule has 0 spiro atoms. The van der Waals surface area contributed by atoms with E-state index < -0.39 is 18.1 Å². The first-order chi connectivity index (χ1) is 9.60. The van der Waals surface area contributed by atoms with Gasteiger partial charge in [-0.25, -0.2) is 9.59 Å². The number of nitrogens with zero attached hydrogens (tertiary/aromatic N) is 1. The molecule has 1 rings (SSSR count). The maximum absolute atomic E-state index is 11.9. The average Bonchev–Trinajstić information content (AvgIpc) is 2.93. The van der Waals surface area contributed by atoms with Crippen molar-refractivity contribution in [3.63, 3.8) is 0 Å². The molecule has 112 valence electrons. The van der Waals surface area contributed by atoms with Gasteiger partial charge in [0.05, 0.1) is 13.7 Å². The fourth-order valence-corrected chi connectivity index (χ4v) is 1.98. The van der Waals surface area contributed by atoms with Crippen molar-refractivity contribution in [1.82, 2.24) is 10.2 Å². The molecule has 0 saturated carbocycles. The number of amides is 2. The molecule has 0 aromatic heterocycles. The lowest BCUT2D eigenvalue weighted by atomic mass is 10.2. The van der Waals surface area contributed by atoms with Crippen LogP contribution < -0.4 is 5.32 Å². The van der Waals surface area contributed by atoms with Crippen molar-refractivity contribution in [2.75, 3.05) is 26.8 Å². The molecule has 0 aromatic rings. The van der Waals surface area contributed by atoms with Gasteiger partial charge in [-0.15, -0.1) is 6.58 Å². The Balaban J connectivity index is 2.36. The van der Waals surface area contributed by atoms with Gasteiger partial charge >= 0.3 is 12.1 Å². The molecule has 0 aromatic carbocycles. The summed E-state index contributed by atoms with van der Waals surface area (Å²) >= 11 is 0. The SMILES string of the molecule is C=CCCOC(=O)NCC(=O)N1CCCC1C(=O)OC. The van der Waals surface area contributed by atoms with Gasteiger partial charge in [0.1, 0.15) is 12.6 Å². The molecule has 2 amide bonds. The number of likely N-dealkylation sites (tertiary alicyclic amines) is 1. The Kier molecular flexibility index (Phi) is 6.55. The zero-order chi connectivity index (χ0) is 15.0. The number of hydrogen-bond donors (Lipinski definition) is 1. The third kappa shape index (κ3) is 4.56. The Morgan fingerprint density at radius 1 is 1.45 bits per heavy atom. The second-order valence-corrected chi connectivity index (χ2v) is 4.34. The Morgan fingerprint density at radius 2 is 2.20 bits per heavy atom. The van der Waals surface area contributed by atoms with Gasteiger partial charge in [0.2, 0.25) is 5.91 Å². The van der Waals surface area contributed by atoms with E-state index in [0.717, 1.165) is 6.42 Å². The Labute approximate surface area is 117 Å². The molecule has 1 atom stereocenters. The summed E-state index contributed by atoms with van der Waals surface area (Å²) in [6, 6.07) is -0.550. The topological polar surface area (TPSA) is 84.9 Å². The van der Waals surface area contributed by atoms with Gasteiger partial charge in [0, 0.05) is 6.54 Å². The molecule has 1 fully saturated rings. The Hall–Kier alpha value is -2.05. The quantitative estimate of drug-likeness (QED) is 0.435. The van der Waals surface area contributed by atoms with Gasteiger partial charge in [-0.05, 0) is 19.3 Å². The monoisotopic (exact) mass is 284 g/mol. The van der Waals surface area contributed by atoms with E-state index in [1.165, 1.54) is 12.0 Å². The molecular weight excluding hydrogens is 264 g/mol. The maximum Gasteiger partial charge on any atom is 0.407 e. The molecule has 1 aliphatic heterocycles. The summed E-state index contributed by atoms with van der Waals surface area (Å²) < 4.78 is 9.46. The van der Waals surface area contributed by atoms with Crippen LogP contribution in [0.15, 0.2) is 12.7 Å². The van der Waals surface area contributed by atoms with E-state index >= 15 is 0 Å². The minimum Gasteiger partial charge on any atom is -0.467 e. The molecule has 20 heavy (non-hydrogen) atoms. The maximum atomic E-state index is 11.9. The average molecular weight is 284 g/mol. The predicted octanol–water partition coefficient (Wildman–Crippen LogP) is 0.453. The number of ether oxygens (including phenoxy) is 2. The first kappa shape index (κ1) is 16.0. The summed E-state index contributed by atoms with van der Waals surface area (Å²) in [5.41, 5.74) is 0. The number of alkyl carbamates (subject to hydrolysis) is 1. The van der Waals surface area contributed by atoms with Crippen molar-refractivity contribution in [1.29, 1.82) is 0 Å². The summed E-state index contributed by atoms with van der Waals surface area (Å²) in [6.07, 6.45) is 2.85. The van der Waals surface area contributed by atoms with Gasteiger partial charge < -0.3 is 19.7 Å². The molecule has 7 heteroatoms. The first-order valence-electron chi connectivity index (χ1n) is 6.49. The van der Waals surface area contributed by atoms with Crippen LogP contribution in [0.3, 0.4) is 0 Å². The molecule has 1 saturated heterocycles. The van der Waals surface area contributed by atoms with Crippen molar-refractivity contribution in [2.24, 2.45) is 0 Å². The van der Waals surface area contributed by atoms with Gasteiger partial charge in [-0.3, -0.25) is 4.79 Å². The second-order valence-electron chi connectivity index (χ2n) is 4.34. The van der Waals surface area contributed by atoms with Crippen LogP contribution in [-0.4, -0.2) is 55.7 Å². The molecule has 1 aliphatic rings. The standard InChI is InChI=1S/C13H20N2O5/c1-3-4-8-20-13(18)14-9-11(16)15-7-5-6-10(15)12(17)19-2/h3,10H,1,4-9H2,2H3,(H,14,18). The lowest BCUT2D eigenvalue weighted by molar-refractivity contribution is -0.150. The molecule has 0 bridgehead atoms. The number of hydrogen-bond acceptors (Lipinski definition) is 5. The Bertz CT molecular complexity index is 383. The van der Waals surface area contributed by atoms with Crippen LogP contribution in [0.4, 0.5) is 4.79 Å². The van der Waals surface area contributed by atoms with Gasteiger partial charge in [0.25, 0.3) is 0 Å².